The van der Waals surface area contributed by atoms with E-state index < -0.39 is 133 Å². The van der Waals surface area contributed by atoms with Gasteiger partial charge in [0.2, 0.25) is 0 Å². The molecular weight excluding hydrogens is 690 g/mol. The number of para-hydroxylation sites is 2. The third-order valence-electron chi connectivity index (χ3n) is 7.49. The minimum atomic E-state index is -5.03. The summed E-state index contributed by atoms with van der Waals surface area (Å²) in [5, 5.41) is 81.9. The zero-order valence-corrected chi connectivity index (χ0v) is 24.4. The van der Waals surface area contributed by atoms with Crippen molar-refractivity contribution in [2.24, 2.45) is 0 Å². The molecule has 2 aliphatic rings. The summed E-state index contributed by atoms with van der Waals surface area (Å²) in [5.74, 6) is -5.96. The topological polar surface area (TPSA) is 242 Å². The highest BCUT2D eigenvalue weighted by atomic mass is 19.4. The minimum absolute atomic E-state index is 0.493. The van der Waals surface area contributed by atoms with Crippen LogP contribution in [0.25, 0.3) is 0 Å². The molecule has 0 aliphatic carbocycles. The van der Waals surface area contributed by atoms with Crippen molar-refractivity contribution in [3.8, 4) is 11.5 Å². The summed E-state index contributed by atoms with van der Waals surface area (Å²) >= 11 is 0. The summed E-state index contributed by atoms with van der Waals surface area (Å²) in [7, 11) is 0. The van der Waals surface area contributed by atoms with Crippen LogP contribution in [0, 0.1) is 0 Å². The van der Waals surface area contributed by atoms with Crippen LogP contribution in [0.2, 0.25) is 0 Å². The Balaban J connectivity index is 1.42. The minimum Gasteiger partial charge on any atom is -0.506 e. The van der Waals surface area contributed by atoms with Crippen molar-refractivity contribution in [3.05, 3.63) is 58.7 Å². The number of carbonyl (C=O) groups is 2. The van der Waals surface area contributed by atoms with E-state index >= 15 is 0 Å². The number of ether oxygens (including phenoxy) is 5. The number of halogens is 6. The van der Waals surface area contributed by atoms with Crippen LogP contribution < -0.4 is 0 Å². The molecule has 0 bridgehead atoms. The van der Waals surface area contributed by atoms with Gasteiger partial charge >= 0.3 is 24.3 Å². The zero-order chi connectivity index (χ0) is 36.6. The lowest BCUT2D eigenvalue weighted by molar-refractivity contribution is -0.376. The molecule has 21 heteroatoms. The fourth-order valence-corrected chi connectivity index (χ4v) is 4.81. The van der Waals surface area contributed by atoms with Crippen molar-refractivity contribution in [2.75, 3.05) is 13.2 Å². The molecule has 8 N–H and O–H groups in total. The van der Waals surface area contributed by atoms with Crippen molar-refractivity contribution in [1.29, 1.82) is 0 Å². The molecule has 0 radical (unpaired) electrons. The van der Waals surface area contributed by atoms with E-state index in [0.29, 0.717) is 12.1 Å². The van der Waals surface area contributed by atoms with Crippen LogP contribution in [-0.2, 0) is 36.0 Å². The number of hydrogen-bond acceptors (Lipinski definition) is 15. The van der Waals surface area contributed by atoms with Gasteiger partial charge in [0.1, 0.15) is 84.7 Å². The Morgan fingerprint density at radius 1 is 0.592 bits per heavy atom. The van der Waals surface area contributed by atoms with E-state index in [-0.39, 0.29) is 0 Å². The molecule has 2 heterocycles. The van der Waals surface area contributed by atoms with Crippen molar-refractivity contribution >= 4 is 11.9 Å². The number of esters is 2. The fraction of sp³-hybridized carbons (Fsp3) is 0.500. The van der Waals surface area contributed by atoms with Gasteiger partial charge in [-0.15, -0.1) is 0 Å². The van der Waals surface area contributed by atoms with Crippen LogP contribution in [-0.4, -0.2) is 127 Å². The smallest absolute Gasteiger partial charge is 0.419 e. The number of alkyl halides is 6. The molecule has 0 unspecified atom stereocenters. The van der Waals surface area contributed by atoms with Crippen LogP contribution in [0.3, 0.4) is 0 Å². The van der Waals surface area contributed by atoms with Crippen LogP contribution in [0.15, 0.2) is 36.4 Å². The first-order chi connectivity index (χ1) is 22.7. The molecule has 2 aliphatic heterocycles. The van der Waals surface area contributed by atoms with Gasteiger partial charge in [-0.1, -0.05) is 12.1 Å². The van der Waals surface area contributed by atoms with Gasteiger partial charge in [-0.05, 0) is 24.3 Å². The Hall–Kier alpha value is -3.80. The Kier molecular flexibility index (Phi) is 11.3. The van der Waals surface area contributed by atoms with Gasteiger partial charge < -0.3 is 64.5 Å². The highest BCUT2D eigenvalue weighted by Crippen LogP contribution is 2.39. The molecule has 2 aromatic rings. The number of phenolic OH excluding ortho intramolecular Hbond substituents is 2. The van der Waals surface area contributed by atoms with Crippen LogP contribution in [0.1, 0.15) is 31.8 Å². The Labute approximate surface area is 270 Å². The molecule has 0 amide bonds. The van der Waals surface area contributed by atoms with Gasteiger partial charge in [0.15, 0.2) is 12.6 Å². The van der Waals surface area contributed by atoms with Crippen molar-refractivity contribution in [2.45, 2.75) is 73.8 Å². The number of aromatic hydroxyl groups is 2. The highest BCUT2D eigenvalue weighted by molar-refractivity contribution is 5.93. The summed E-state index contributed by atoms with van der Waals surface area (Å²) in [4.78, 5) is 24.9. The molecule has 0 spiro atoms. The van der Waals surface area contributed by atoms with Gasteiger partial charge in [0.25, 0.3) is 0 Å². The first-order valence-electron chi connectivity index (χ1n) is 13.9. The average Bonchev–Trinajstić information content (AvgIpc) is 3.02. The maximum Gasteiger partial charge on any atom is 0.419 e. The maximum absolute atomic E-state index is 13.1. The van der Waals surface area contributed by atoms with E-state index in [1.165, 1.54) is 0 Å². The van der Waals surface area contributed by atoms with Gasteiger partial charge in [-0.2, -0.15) is 26.3 Å². The number of hydrogen-bond donors (Lipinski definition) is 8. The first-order valence-corrected chi connectivity index (χ1v) is 13.9. The molecule has 49 heavy (non-hydrogen) atoms. The van der Waals surface area contributed by atoms with Gasteiger partial charge in [-0.3, -0.25) is 0 Å². The quantitative estimate of drug-likeness (QED) is 0.130. The van der Waals surface area contributed by atoms with E-state index in [9.17, 15) is 76.8 Å². The lowest BCUT2D eigenvalue weighted by Crippen LogP contribution is -2.64. The Morgan fingerprint density at radius 2 is 0.939 bits per heavy atom. The standard InChI is InChI=1S/C28H28F6O15/c29-27(30,31)11-5-1-3-9(15(11)35)23(43)45-7-13-17(37)19(39)21(41)25(47-13)49-26-22(42)20(40)18(38)14(48-26)8-46-24(44)10-4-2-6-12(16(10)36)28(32,33)34/h1-6,13-14,17-22,25-26,35-42H,7-8H2/t13-,14-,17-,18-,19+,20+,21-,22-,25-,26-/m1/s1. The van der Waals surface area contributed by atoms with E-state index in [1.807, 2.05) is 0 Å². The lowest BCUT2D eigenvalue weighted by atomic mass is 9.98. The zero-order valence-electron chi connectivity index (χ0n) is 24.4. The second-order valence-electron chi connectivity index (χ2n) is 10.8. The number of phenols is 2. The molecule has 0 saturated carbocycles. The monoisotopic (exact) mass is 718 g/mol. The molecule has 0 aromatic heterocycles. The van der Waals surface area contributed by atoms with Crippen LogP contribution >= 0.6 is 0 Å². The second-order valence-corrected chi connectivity index (χ2v) is 10.8. The summed E-state index contributed by atoms with van der Waals surface area (Å²) < 4.78 is 104. The predicted molar refractivity (Wildman–Crippen MR) is 141 cm³/mol. The summed E-state index contributed by atoms with van der Waals surface area (Å²) in [5.41, 5.74) is -4.95. The van der Waals surface area contributed by atoms with E-state index in [0.717, 1.165) is 24.3 Å². The number of aliphatic hydroxyl groups is 6. The summed E-state index contributed by atoms with van der Waals surface area (Å²) in [6.07, 6.45) is -30.4. The van der Waals surface area contributed by atoms with E-state index in [2.05, 4.69) is 0 Å². The molecule has 272 valence electrons. The summed E-state index contributed by atoms with van der Waals surface area (Å²) in [6, 6.07) is 4.19. The van der Waals surface area contributed by atoms with Crippen LogP contribution in [0.4, 0.5) is 26.3 Å². The van der Waals surface area contributed by atoms with E-state index in [4.69, 9.17) is 23.7 Å². The Bertz CT molecular complexity index is 1390. The van der Waals surface area contributed by atoms with E-state index in [1.54, 1.807) is 0 Å². The number of aliphatic hydroxyl groups excluding tert-OH is 6. The lowest BCUT2D eigenvalue weighted by Gasteiger charge is -2.44. The Morgan fingerprint density at radius 3 is 1.27 bits per heavy atom. The third kappa shape index (κ3) is 8.16. The largest absolute Gasteiger partial charge is 0.506 e. The van der Waals surface area contributed by atoms with Crippen molar-refractivity contribution in [3.63, 3.8) is 0 Å². The van der Waals surface area contributed by atoms with Crippen molar-refractivity contribution in [1.82, 2.24) is 0 Å². The number of benzene rings is 2. The molecule has 4 rings (SSSR count). The predicted octanol–water partition coefficient (Wildman–Crippen LogP) is -0.219. The maximum atomic E-state index is 13.1. The van der Waals surface area contributed by atoms with Crippen molar-refractivity contribution < 1.29 is 100 Å². The number of rotatable bonds is 8. The number of carbonyl (C=O) groups excluding carboxylic acids is 2. The van der Waals surface area contributed by atoms with Gasteiger partial charge in [0, 0.05) is 0 Å². The third-order valence-corrected chi connectivity index (χ3v) is 7.49. The summed E-state index contributed by atoms with van der Waals surface area (Å²) in [6.45, 7) is -2.04. The SMILES string of the molecule is O=C(OC[C@H]1O[C@H](O[C@H]2O[C@H](COC(=O)c3cccc(C(F)(F)F)c3O)[C@@H](O)[C@H](O)[C@H]2O)[C@H](O)[C@@H](O)[C@@H]1O)c1cccc(C(F)(F)F)c1O. The molecular formula is C28H28F6O15. The average molecular weight is 719 g/mol. The normalized spacial score (nSPS) is 30.9. The fourth-order valence-electron chi connectivity index (χ4n) is 4.81. The molecule has 15 nitrogen and oxygen atoms in total. The second kappa shape index (κ2) is 14.6. The molecule has 2 aromatic carbocycles. The molecule has 2 fully saturated rings. The van der Waals surface area contributed by atoms with Gasteiger partial charge in [0.05, 0.1) is 11.1 Å². The highest BCUT2D eigenvalue weighted by Gasteiger charge is 2.50. The first kappa shape index (κ1) is 38.0. The van der Waals surface area contributed by atoms with Gasteiger partial charge in [-0.25, -0.2) is 9.59 Å². The molecule has 2 saturated heterocycles. The van der Waals surface area contributed by atoms with Crippen LogP contribution in [0.5, 0.6) is 11.5 Å². The molecule has 10 atom stereocenters.